The average Bonchev–Trinajstić information content (AvgIpc) is 3.27. The van der Waals surface area contributed by atoms with Crippen molar-refractivity contribution in [3.63, 3.8) is 0 Å². The third kappa shape index (κ3) is 9.23. The van der Waals surface area contributed by atoms with Crippen LogP contribution in [0.2, 0.25) is 0 Å². The summed E-state index contributed by atoms with van der Waals surface area (Å²) >= 11 is 0. The molecule has 0 N–H and O–H groups in total. The Morgan fingerprint density at radius 2 is 0.869 bits per heavy atom. The first-order chi connectivity index (χ1) is 29.5. The van der Waals surface area contributed by atoms with E-state index in [4.69, 9.17) is 13.3 Å². The van der Waals surface area contributed by atoms with Crippen molar-refractivity contribution in [1.29, 1.82) is 0 Å². The minimum Gasteiger partial charge on any atom is -0.370 e. The highest BCUT2D eigenvalue weighted by molar-refractivity contribution is 7.20. The van der Waals surface area contributed by atoms with E-state index in [1.165, 1.54) is 79.4 Å². The predicted octanol–water partition coefficient (Wildman–Crippen LogP) is 9.11. The van der Waals surface area contributed by atoms with Crippen molar-refractivity contribution in [3.05, 3.63) is 222 Å². The lowest BCUT2D eigenvalue weighted by molar-refractivity contribution is 0.0840. The first kappa shape index (κ1) is 44.6. The quantitative estimate of drug-likeness (QED) is 0.0503. The number of hydrogen-bond acceptors (Lipinski definition) is 3. The van der Waals surface area contributed by atoms with Gasteiger partial charge in [-0.1, -0.05) is 72.8 Å². The number of hydrogen-bond donors (Lipinski definition) is 0. The number of halogens is 7. The van der Waals surface area contributed by atoms with E-state index in [0.717, 1.165) is 36.4 Å². The molecule has 0 aliphatic heterocycles. The monoisotopic (exact) mass is 850 g/mol. The van der Waals surface area contributed by atoms with Crippen LogP contribution in [-0.4, -0.2) is 34.8 Å². The van der Waals surface area contributed by atoms with Crippen molar-refractivity contribution >= 4 is 47.6 Å². The molecule has 0 radical (unpaired) electrons. The lowest BCUT2D eigenvalue weighted by Crippen LogP contribution is -2.77. The van der Waals surface area contributed by atoms with Crippen molar-refractivity contribution in [2.24, 2.45) is 0 Å². The van der Waals surface area contributed by atoms with Crippen LogP contribution in [0.25, 0.3) is 5.57 Å². The molecule has 12 heteroatoms. The third-order valence-electron chi connectivity index (χ3n) is 10.3. The van der Waals surface area contributed by atoms with Crippen molar-refractivity contribution in [2.45, 2.75) is 20.8 Å². The van der Waals surface area contributed by atoms with E-state index in [0.29, 0.717) is 0 Å². The van der Waals surface area contributed by atoms with Gasteiger partial charge in [0.05, 0.1) is 10.8 Å². The number of rotatable bonds is 13. The molecule has 6 aromatic carbocycles. The molecule has 1 aliphatic rings. The van der Waals surface area contributed by atoms with Gasteiger partial charge in [0.1, 0.15) is 40.8 Å². The normalized spacial score (nSPS) is 12.5. The maximum absolute atomic E-state index is 16.6. The van der Waals surface area contributed by atoms with Gasteiger partial charge >= 0.3 is 8.80 Å². The first-order valence-corrected chi connectivity index (χ1v) is 21.5. The van der Waals surface area contributed by atoms with Gasteiger partial charge in [-0.25, -0.2) is 30.7 Å². The molecule has 0 heterocycles. The summed E-state index contributed by atoms with van der Waals surface area (Å²) in [5, 5.41) is -1.14. The van der Waals surface area contributed by atoms with Crippen molar-refractivity contribution in [1.82, 2.24) is 0 Å². The van der Waals surface area contributed by atoms with E-state index in [1.807, 2.05) is 0 Å². The maximum Gasteiger partial charge on any atom is 0.543 e. The van der Waals surface area contributed by atoms with Gasteiger partial charge in [-0.3, -0.25) is 0 Å². The average molecular weight is 851 g/mol. The molecule has 312 valence electrons. The third-order valence-corrected chi connectivity index (χ3v) is 13.4. The summed E-state index contributed by atoms with van der Waals surface area (Å²) in [6.07, 6.45) is 7.28. The van der Waals surface area contributed by atoms with E-state index >= 15 is 17.6 Å². The molecule has 3 nitrogen and oxygen atoms in total. The summed E-state index contributed by atoms with van der Waals surface area (Å²) in [6.45, 7) is 4.06. The summed E-state index contributed by atoms with van der Waals surface area (Å²) in [5.74, 6) is -9.29. The summed E-state index contributed by atoms with van der Waals surface area (Å²) in [5.41, 5.74) is 4.00. The van der Waals surface area contributed by atoms with Gasteiger partial charge in [0.15, 0.2) is 11.6 Å². The van der Waals surface area contributed by atoms with Gasteiger partial charge in [0, 0.05) is 61.7 Å². The Labute approximate surface area is 352 Å². The van der Waals surface area contributed by atoms with E-state index in [-0.39, 0.29) is 36.2 Å². The summed E-state index contributed by atoms with van der Waals surface area (Å²) in [6, 6.07) is 34.3. The van der Waals surface area contributed by atoms with Gasteiger partial charge < -0.3 is 13.3 Å². The molecule has 0 unspecified atom stereocenters. The molecule has 0 spiro atoms. The lowest BCUT2D eigenvalue weighted by Gasteiger charge is -2.44. The van der Waals surface area contributed by atoms with Crippen LogP contribution in [0.4, 0.5) is 30.7 Å². The highest BCUT2D eigenvalue weighted by atomic mass is 28.4. The summed E-state index contributed by atoms with van der Waals surface area (Å²) < 4.78 is 125. The van der Waals surface area contributed by atoms with Crippen LogP contribution in [0, 0.1) is 47.1 Å². The maximum atomic E-state index is 16.6. The molecule has 0 atom stereocenters. The Kier molecular flexibility index (Phi) is 14.7. The second-order valence-corrected chi connectivity index (χ2v) is 16.4. The molecular formula is C49H42BF7O3Si. The minimum absolute atomic E-state index is 0.0156. The van der Waals surface area contributed by atoms with Crippen LogP contribution < -0.4 is 27.0 Å². The van der Waals surface area contributed by atoms with Crippen LogP contribution in [0.1, 0.15) is 31.9 Å². The van der Waals surface area contributed by atoms with Gasteiger partial charge in [-0.15, -0.1) is 5.46 Å². The van der Waals surface area contributed by atoms with Crippen LogP contribution in [0.15, 0.2) is 163 Å². The number of allylic oxidation sites excluding steroid dienone is 5. The summed E-state index contributed by atoms with van der Waals surface area (Å²) in [7, 11) is -4.54. The molecule has 0 fully saturated rings. The zero-order valence-electron chi connectivity index (χ0n) is 33.7. The Balaban J connectivity index is 0.000000270. The zero-order chi connectivity index (χ0) is 43.6. The molecule has 6 aromatic rings. The fraction of sp³-hybridized carbons (Fsp3) is 0.122. The fourth-order valence-electron chi connectivity index (χ4n) is 7.86. The Morgan fingerprint density at radius 1 is 0.492 bits per heavy atom. The molecule has 0 bridgehead atoms. The summed E-state index contributed by atoms with van der Waals surface area (Å²) in [4.78, 5) is 0. The van der Waals surface area contributed by atoms with E-state index < -0.39 is 66.3 Å². The Hall–Kier alpha value is -5.92. The van der Waals surface area contributed by atoms with E-state index in [1.54, 1.807) is 0 Å². The fourth-order valence-corrected chi connectivity index (χ4v) is 10.4. The topological polar surface area (TPSA) is 27.7 Å². The van der Waals surface area contributed by atoms with Crippen LogP contribution in [-0.2, 0) is 13.3 Å². The zero-order valence-corrected chi connectivity index (χ0v) is 34.7. The second-order valence-electron chi connectivity index (χ2n) is 13.9. The van der Waals surface area contributed by atoms with E-state index in [9.17, 15) is 13.2 Å². The Morgan fingerprint density at radius 3 is 1.20 bits per heavy atom. The molecule has 0 saturated carbocycles. The van der Waals surface area contributed by atoms with Gasteiger partial charge in [-0.2, -0.15) is 16.4 Å². The SMILES string of the molecule is C1=C[CH+]C(=C(c2ccccc2)c2ccccc2)C=C1.CCO[Si](OCC)(OCC)c1c(F)c(F)c([B-](c2ccc(F)cc2)(c2ccc(F)cc2)c2ccc(F)cc2)c(F)c1F. The Bertz CT molecular complexity index is 2300. The molecule has 0 amide bonds. The van der Waals surface area contributed by atoms with Gasteiger partial charge in [0.2, 0.25) is 0 Å². The van der Waals surface area contributed by atoms with Crippen LogP contribution >= 0.6 is 0 Å². The number of benzene rings is 6. The molecule has 0 aromatic heterocycles. The smallest absolute Gasteiger partial charge is 0.370 e. The molecule has 1 aliphatic carbocycles. The molecular weight excluding hydrogens is 808 g/mol. The molecule has 61 heavy (non-hydrogen) atoms. The lowest BCUT2D eigenvalue weighted by atomic mass is 9.13. The largest absolute Gasteiger partial charge is 0.543 e. The standard InChI is InChI=1S/C30H27BF7O3Si.C19H15/c1-4-39-42(40-5-2,41-6-3)30-28(37)26(35)25(27(36)29(30)38)31(19-7-13-22(32)14-8-19,20-9-15-23(33)16-10-20)21-11-17-24(34)18-12-21;1-4-10-16(11-5-1)19(17-12-6-2-7-13-17)18-14-8-3-9-15-18/h7-18H,4-6H2,1-3H3;1-15H/q-1;+1. The predicted molar refractivity (Wildman–Crippen MR) is 232 cm³/mol. The molecule has 7 rings (SSSR count). The van der Waals surface area contributed by atoms with E-state index in [2.05, 4.69) is 91.4 Å². The second kappa shape index (κ2) is 20.1. The van der Waals surface area contributed by atoms with Gasteiger partial charge in [-0.05, 0) is 81.4 Å². The first-order valence-electron chi connectivity index (χ1n) is 19.8. The molecule has 0 saturated heterocycles. The van der Waals surface area contributed by atoms with Crippen LogP contribution in [0.3, 0.4) is 0 Å². The van der Waals surface area contributed by atoms with Crippen molar-refractivity contribution in [2.75, 3.05) is 19.8 Å². The van der Waals surface area contributed by atoms with Crippen molar-refractivity contribution in [3.8, 4) is 0 Å². The highest BCUT2D eigenvalue weighted by Crippen LogP contribution is 2.30. The minimum atomic E-state index is -4.54. The van der Waals surface area contributed by atoms with Crippen molar-refractivity contribution < 1.29 is 44.0 Å². The van der Waals surface area contributed by atoms with Crippen LogP contribution in [0.5, 0.6) is 0 Å². The van der Waals surface area contributed by atoms with Gasteiger partial charge in [0.25, 0.3) is 0 Å². The highest BCUT2D eigenvalue weighted by Gasteiger charge is 2.51.